The molecule has 0 saturated carbocycles. The van der Waals surface area contributed by atoms with E-state index in [2.05, 4.69) is 5.32 Å². The van der Waals surface area contributed by atoms with Crippen LogP contribution in [0.3, 0.4) is 0 Å². The van der Waals surface area contributed by atoms with Crippen LogP contribution >= 0.6 is 11.8 Å². The molecule has 2 saturated heterocycles. The molecule has 8 heteroatoms. The maximum absolute atomic E-state index is 13.8. The van der Waals surface area contributed by atoms with Gasteiger partial charge in [-0.15, -0.1) is 0 Å². The minimum atomic E-state index is -1.31. The van der Waals surface area contributed by atoms with Crippen molar-refractivity contribution in [2.45, 2.75) is 24.9 Å². The second kappa shape index (κ2) is 7.59. The zero-order chi connectivity index (χ0) is 19.8. The number of esters is 1. The molecule has 2 aliphatic heterocycles. The number of carbonyl (C=O) groups is 3. The maximum Gasteiger partial charge on any atom is 0.327 e. The highest BCUT2D eigenvalue weighted by atomic mass is 32.2. The van der Waals surface area contributed by atoms with Gasteiger partial charge in [-0.05, 0) is 43.0 Å². The molecular formula is C19H23FN2O4S. The summed E-state index contributed by atoms with van der Waals surface area (Å²) in [5.74, 6) is -2.76. The standard InChI is InChI=1S/C19H23FN2O4S/c1-4-26-18(25)19(8-9-27-3)14-13(16(23)22(2)17(14)24)15(21-19)11-6-5-7-12(20)10-11/h5-7,10,13-15,21H,4,8-9H2,1-3H3/t13-,14+,15-,19-/m1/s1. The fraction of sp³-hybridized carbons (Fsp3) is 0.526. The minimum Gasteiger partial charge on any atom is -0.465 e. The van der Waals surface area contributed by atoms with Gasteiger partial charge in [0, 0.05) is 13.1 Å². The first-order chi connectivity index (χ1) is 12.9. The lowest BCUT2D eigenvalue weighted by atomic mass is 9.78. The molecule has 27 heavy (non-hydrogen) atoms. The van der Waals surface area contributed by atoms with E-state index in [1.165, 1.54) is 19.2 Å². The number of rotatable bonds is 6. The first-order valence-electron chi connectivity index (χ1n) is 8.88. The van der Waals surface area contributed by atoms with Crippen molar-refractivity contribution in [3.63, 3.8) is 0 Å². The van der Waals surface area contributed by atoms with Crippen LogP contribution in [0.2, 0.25) is 0 Å². The number of nitrogens with zero attached hydrogens (tertiary/aromatic N) is 1. The average Bonchev–Trinajstić information content (AvgIpc) is 3.11. The molecule has 2 aliphatic rings. The van der Waals surface area contributed by atoms with Crippen LogP contribution in [0.15, 0.2) is 24.3 Å². The Morgan fingerprint density at radius 1 is 1.37 bits per heavy atom. The molecule has 0 aromatic heterocycles. The summed E-state index contributed by atoms with van der Waals surface area (Å²) in [6.07, 6.45) is 2.25. The van der Waals surface area contributed by atoms with Crippen LogP contribution in [0.5, 0.6) is 0 Å². The number of fused-ring (bicyclic) bond motifs is 1. The Balaban J connectivity index is 2.12. The van der Waals surface area contributed by atoms with Gasteiger partial charge in [-0.1, -0.05) is 12.1 Å². The lowest BCUT2D eigenvalue weighted by molar-refractivity contribution is -0.156. The molecule has 1 N–H and O–H groups in total. The third-order valence-electron chi connectivity index (χ3n) is 5.42. The van der Waals surface area contributed by atoms with Gasteiger partial charge in [0.2, 0.25) is 11.8 Å². The minimum absolute atomic E-state index is 0.168. The van der Waals surface area contributed by atoms with E-state index >= 15 is 0 Å². The van der Waals surface area contributed by atoms with Crippen molar-refractivity contribution in [3.8, 4) is 0 Å². The highest BCUT2D eigenvalue weighted by molar-refractivity contribution is 7.98. The Labute approximate surface area is 161 Å². The molecule has 6 nitrogen and oxygen atoms in total. The molecule has 0 aliphatic carbocycles. The SMILES string of the molecule is CCOC(=O)[C@]1(CCSC)N[C@H](c2cccc(F)c2)[C@@H]2C(=O)N(C)C(=O)[C@H]21. The van der Waals surface area contributed by atoms with Gasteiger partial charge in [0.25, 0.3) is 0 Å². The van der Waals surface area contributed by atoms with Crippen LogP contribution in [0.1, 0.15) is 24.9 Å². The summed E-state index contributed by atoms with van der Waals surface area (Å²) in [6, 6.07) is 5.26. The van der Waals surface area contributed by atoms with Gasteiger partial charge in [-0.25, -0.2) is 4.39 Å². The van der Waals surface area contributed by atoms with Gasteiger partial charge >= 0.3 is 5.97 Å². The monoisotopic (exact) mass is 394 g/mol. The van der Waals surface area contributed by atoms with Crippen molar-refractivity contribution >= 4 is 29.5 Å². The highest BCUT2D eigenvalue weighted by Gasteiger charge is 2.67. The number of hydrogen-bond acceptors (Lipinski definition) is 6. The smallest absolute Gasteiger partial charge is 0.327 e. The quantitative estimate of drug-likeness (QED) is 0.585. The Morgan fingerprint density at radius 3 is 2.74 bits per heavy atom. The van der Waals surface area contributed by atoms with E-state index in [0.29, 0.717) is 17.7 Å². The highest BCUT2D eigenvalue weighted by Crippen LogP contribution is 2.50. The molecule has 0 radical (unpaired) electrons. The van der Waals surface area contributed by atoms with E-state index in [0.717, 1.165) is 4.90 Å². The van der Waals surface area contributed by atoms with Crippen molar-refractivity contribution < 1.29 is 23.5 Å². The molecule has 1 aromatic carbocycles. The van der Waals surface area contributed by atoms with Crippen molar-refractivity contribution in [2.24, 2.45) is 11.8 Å². The number of thioether (sulfide) groups is 1. The normalized spacial score (nSPS) is 29.9. The third kappa shape index (κ3) is 3.14. The van der Waals surface area contributed by atoms with Crippen LogP contribution in [-0.2, 0) is 19.1 Å². The summed E-state index contributed by atoms with van der Waals surface area (Å²) in [5.41, 5.74) is -0.769. The molecule has 0 spiro atoms. The maximum atomic E-state index is 13.8. The van der Waals surface area contributed by atoms with Crippen LogP contribution in [0.4, 0.5) is 4.39 Å². The van der Waals surface area contributed by atoms with E-state index in [1.807, 2.05) is 6.26 Å². The van der Waals surface area contributed by atoms with Gasteiger partial charge in [0.15, 0.2) is 0 Å². The summed E-state index contributed by atoms with van der Waals surface area (Å²) in [7, 11) is 1.43. The molecule has 0 bridgehead atoms. The molecule has 0 unspecified atom stereocenters. The lowest BCUT2D eigenvalue weighted by Crippen LogP contribution is -2.56. The average molecular weight is 394 g/mol. The number of halogens is 1. The van der Waals surface area contributed by atoms with E-state index in [4.69, 9.17) is 4.74 Å². The number of amides is 2. The van der Waals surface area contributed by atoms with Gasteiger partial charge in [-0.2, -0.15) is 11.8 Å². The molecule has 3 rings (SSSR count). The van der Waals surface area contributed by atoms with Crippen LogP contribution < -0.4 is 5.32 Å². The van der Waals surface area contributed by atoms with Crippen molar-refractivity contribution in [1.29, 1.82) is 0 Å². The lowest BCUT2D eigenvalue weighted by Gasteiger charge is -2.32. The molecule has 2 fully saturated rings. The van der Waals surface area contributed by atoms with Gasteiger partial charge in [0.05, 0.1) is 18.4 Å². The fourth-order valence-electron chi connectivity index (χ4n) is 4.18. The number of benzene rings is 1. The predicted octanol–water partition coefficient (Wildman–Crippen LogP) is 1.76. The third-order valence-corrected chi connectivity index (χ3v) is 6.03. The van der Waals surface area contributed by atoms with Gasteiger partial charge in [-0.3, -0.25) is 24.6 Å². The number of ether oxygens (including phenoxy) is 1. The zero-order valence-corrected chi connectivity index (χ0v) is 16.3. The Morgan fingerprint density at radius 2 is 2.11 bits per heavy atom. The molecule has 2 amide bonds. The molecule has 4 atom stereocenters. The molecule has 2 heterocycles. The summed E-state index contributed by atoms with van der Waals surface area (Å²) in [4.78, 5) is 39.8. The van der Waals surface area contributed by atoms with Crippen molar-refractivity contribution in [1.82, 2.24) is 10.2 Å². The van der Waals surface area contributed by atoms with E-state index in [-0.39, 0.29) is 12.5 Å². The van der Waals surface area contributed by atoms with Crippen LogP contribution in [0, 0.1) is 17.7 Å². The van der Waals surface area contributed by atoms with E-state index in [9.17, 15) is 18.8 Å². The largest absolute Gasteiger partial charge is 0.465 e. The molecule has 1 aromatic rings. The van der Waals surface area contributed by atoms with E-state index in [1.54, 1.807) is 30.8 Å². The zero-order valence-electron chi connectivity index (χ0n) is 15.5. The Bertz CT molecular complexity index is 774. The number of hydrogen-bond donors (Lipinski definition) is 1. The van der Waals surface area contributed by atoms with Gasteiger partial charge in [0.1, 0.15) is 11.4 Å². The summed E-state index contributed by atoms with van der Waals surface area (Å²) < 4.78 is 19.1. The number of nitrogens with one attached hydrogen (secondary N) is 1. The predicted molar refractivity (Wildman–Crippen MR) is 99.4 cm³/mol. The molecular weight excluding hydrogens is 371 g/mol. The summed E-state index contributed by atoms with van der Waals surface area (Å²) >= 11 is 1.54. The molecule has 146 valence electrons. The Kier molecular flexibility index (Phi) is 5.58. The van der Waals surface area contributed by atoms with E-state index < -0.39 is 41.1 Å². The number of imide groups is 1. The number of likely N-dealkylation sites (tertiary alicyclic amines) is 1. The fourth-order valence-corrected chi connectivity index (χ4v) is 4.70. The first-order valence-corrected chi connectivity index (χ1v) is 10.3. The summed E-state index contributed by atoms with van der Waals surface area (Å²) in [5, 5.41) is 3.23. The Hall–Kier alpha value is -1.93. The van der Waals surface area contributed by atoms with Crippen LogP contribution in [-0.4, -0.2) is 53.9 Å². The van der Waals surface area contributed by atoms with Gasteiger partial charge < -0.3 is 4.74 Å². The second-order valence-corrected chi connectivity index (χ2v) is 7.84. The second-order valence-electron chi connectivity index (χ2n) is 6.85. The summed E-state index contributed by atoms with van der Waals surface area (Å²) in [6.45, 7) is 1.87. The first kappa shape index (κ1) is 19.8. The van der Waals surface area contributed by atoms with Crippen molar-refractivity contribution in [3.05, 3.63) is 35.6 Å². The topological polar surface area (TPSA) is 75.7 Å². The van der Waals surface area contributed by atoms with Crippen LogP contribution in [0.25, 0.3) is 0 Å². The number of carbonyl (C=O) groups excluding carboxylic acids is 3. The van der Waals surface area contributed by atoms with Crippen molar-refractivity contribution in [2.75, 3.05) is 25.7 Å².